The van der Waals surface area contributed by atoms with Gasteiger partial charge in [0.1, 0.15) is 0 Å². The van der Waals surface area contributed by atoms with Crippen LogP contribution < -0.4 is 10.6 Å². The summed E-state index contributed by atoms with van der Waals surface area (Å²) >= 11 is 0. The quantitative estimate of drug-likeness (QED) is 0.672. The first-order valence-electron chi connectivity index (χ1n) is 9.61. The number of carbonyl (C=O) groups is 2. The normalized spacial score (nSPS) is 11.1. The molecule has 0 saturated heterocycles. The third-order valence-electron chi connectivity index (χ3n) is 4.47. The van der Waals surface area contributed by atoms with Gasteiger partial charge in [-0.3, -0.25) is 9.59 Å². The molecule has 0 fully saturated rings. The molecule has 0 unspecified atom stereocenters. The van der Waals surface area contributed by atoms with Crippen LogP contribution in [0.2, 0.25) is 0 Å². The highest BCUT2D eigenvalue weighted by Crippen LogP contribution is 2.18. The van der Waals surface area contributed by atoms with Gasteiger partial charge >= 0.3 is 0 Å². The van der Waals surface area contributed by atoms with E-state index in [-0.39, 0.29) is 11.8 Å². The van der Waals surface area contributed by atoms with Gasteiger partial charge in [0.25, 0.3) is 5.91 Å². The molecule has 6 nitrogen and oxygen atoms in total. The Bertz CT molecular complexity index is 971. The van der Waals surface area contributed by atoms with Gasteiger partial charge in [0.05, 0.1) is 5.69 Å². The highest BCUT2D eigenvalue weighted by atomic mass is 16.2. The van der Waals surface area contributed by atoms with Crippen molar-refractivity contribution in [3.63, 3.8) is 0 Å². The van der Waals surface area contributed by atoms with Crippen molar-refractivity contribution < 1.29 is 9.59 Å². The predicted molar refractivity (Wildman–Crippen MR) is 114 cm³/mol. The lowest BCUT2D eigenvalue weighted by atomic mass is 9.95. The minimum Gasteiger partial charge on any atom is -0.352 e. The summed E-state index contributed by atoms with van der Waals surface area (Å²) in [6.45, 7) is 6.07. The number of hydrogen-bond acceptors (Lipinski definition) is 3. The van der Waals surface area contributed by atoms with E-state index in [0.29, 0.717) is 17.8 Å². The summed E-state index contributed by atoms with van der Waals surface area (Å²) in [6.07, 6.45) is 4.37. The van der Waals surface area contributed by atoms with Gasteiger partial charge in [-0.05, 0) is 48.4 Å². The second kappa shape index (κ2) is 8.73. The molecule has 0 atom stereocenters. The molecule has 0 spiro atoms. The standard InChI is InChI=1S/C23H26N4O2/c1-23(2,3)22(29)26-19-7-4-6-18(16-19)21(28)24-14-12-17-8-10-20(11-9-17)27-15-5-13-25-27/h4-11,13,15-16H,12,14H2,1-3H3,(H,24,28)(H,26,29). The largest absolute Gasteiger partial charge is 0.352 e. The molecule has 2 aromatic carbocycles. The summed E-state index contributed by atoms with van der Waals surface area (Å²) in [5, 5.41) is 9.99. The Labute approximate surface area is 170 Å². The lowest BCUT2D eigenvalue weighted by Gasteiger charge is -2.18. The molecule has 0 aliphatic heterocycles. The van der Waals surface area contributed by atoms with Crippen LogP contribution in [0.15, 0.2) is 67.0 Å². The van der Waals surface area contributed by atoms with Crippen LogP contribution in [-0.2, 0) is 11.2 Å². The molecule has 3 aromatic rings. The van der Waals surface area contributed by atoms with E-state index in [1.54, 1.807) is 35.1 Å². The Hall–Kier alpha value is -3.41. The van der Waals surface area contributed by atoms with E-state index >= 15 is 0 Å². The Morgan fingerprint density at radius 1 is 1.03 bits per heavy atom. The van der Waals surface area contributed by atoms with E-state index in [0.717, 1.165) is 17.7 Å². The Balaban J connectivity index is 1.53. The van der Waals surface area contributed by atoms with Crippen LogP contribution >= 0.6 is 0 Å². The van der Waals surface area contributed by atoms with Crippen molar-refractivity contribution in [1.29, 1.82) is 0 Å². The molecule has 1 aromatic heterocycles. The van der Waals surface area contributed by atoms with Crippen LogP contribution in [0.1, 0.15) is 36.7 Å². The Morgan fingerprint density at radius 2 is 1.79 bits per heavy atom. The molecule has 150 valence electrons. The second-order valence-electron chi connectivity index (χ2n) is 7.91. The number of amides is 2. The van der Waals surface area contributed by atoms with Gasteiger partial charge in [-0.15, -0.1) is 0 Å². The molecule has 3 rings (SSSR count). The zero-order chi connectivity index (χ0) is 20.9. The summed E-state index contributed by atoms with van der Waals surface area (Å²) in [7, 11) is 0. The monoisotopic (exact) mass is 390 g/mol. The van der Waals surface area contributed by atoms with Gasteiger partial charge in [-0.2, -0.15) is 5.10 Å². The second-order valence-corrected chi connectivity index (χ2v) is 7.91. The third kappa shape index (κ3) is 5.54. The summed E-state index contributed by atoms with van der Waals surface area (Å²) in [4.78, 5) is 24.6. The maximum absolute atomic E-state index is 12.4. The number of anilines is 1. The van der Waals surface area contributed by atoms with Crippen molar-refractivity contribution in [3.8, 4) is 5.69 Å². The van der Waals surface area contributed by atoms with Crippen LogP contribution in [0.3, 0.4) is 0 Å². The molecule has 0 saturated carbocycles. The van der Waals surface area contributed by atoms with Gasteiger partial charge in [-0.25, -0.2) is 4.68 Å². The average molecular weight is 390 g/mol. The van der Waals surface area contributed by atoms with Gasteiger partial charge in [0.2, 0.25) is 5.91 Å². The molecular formula is C23H26N4O2. The van der Waals surface area contributed by atoms with E-state index in [9.17, 15) is 9.59 Å². The first kappa shape index (κ1) is 20.3. The number of nitrogens with one attached hydrogen (secondary N) is 2. The predicted octanol–water partition coefficient (Wildman–Crippen LogP) is 3.83. The summed E-state index contributed by atoms with van der Waals surface area (Å²) in [6, 6.07) is 16.9. The molecule has 6 heteroatoms. The van der Waals surface area contributed by atoms with Gasteiger partial charge in [-0.1, -0.05) is 39.0 Å². The molecule has 0 bridgehead atoms. The minimum atomic E-state index is -0.495. The molecular weight excluding hydrogens is 364 g/mol. The van der Waals surface area contributed by atoms with E-state index in [2.05, 4.69) is 15.7 Å². The number of aromatic nitrogens is 2. The van der Waals surface area contributed by atoms with E-state index in [1.165, 1.54) is 0 Å². The van der Waals surface area contributed by atoms with E-state index in [1.807, 2.05) is 57.3 Å². The highest BCUT2D eigenvalue weighted by Gasteiger charge is 2.21. The fraction of sp³-hybridized carbons (Fsp3) is 0.261. The number of carbonyl (C=O) groups excluding carboxylic acids is 2. The van der Waals surface area contributed by atoms with Crippen LogP contribution in [0.5, 0.6) is 0 Å². The fourth-order valence-electron chi connectivity index (χ4n) is 2.72. The first-order chi connectivity index (χ1) is 13.8. The smallest absolute Gasteiger partial charge is 0.251 e. The van der Waals surface area contributed by atoms with Gasteiger partial charge in [0, 0.05) is 35.6 Å². The van der Waals surface area contributed by atoms with Gasteiger partial charge in [0.15, 0.2) is 0 Å². The lowest BCUT2D eigenvalue weighted by molar-refractivity contribution is -0.123. The topological polar surface area (TPSA) is 76.0 Å². The molecule has 0 aliphatic rings. The molecule has 2 amide bonds. The number of rotatable bonds is 6. The number of hydrogen-bond donors (Lipinski definition) is 2. The molecule has 0 radical (unpaired) electrons. The van der Waals surface area contributed by atoms with Crippen molar-refractivity contribution in [1.82, 2.24) is 15.1 Å². The zero-order valence-electron chi connectivity index (χ0n) is 17.0. The molecule has 2 N–H and O–H groups in total. The van der Waals surface area contributed by atoms with Crippen molar-refractivity contribution in [2.24, 2.45) is 5.41 Å². The summed E-state index contributed by atoms with van der Waals surface area (Å²) < 4.78 is 1.80. The van der Waals surface area contributed by atoms with Crippen LogP contribution in [0.4, 0.5) is 5.69 Å². The first-order valence-corrected chi connectivity index (χ1v) is 9.61. The van der Waals surface area contributed by atoms with E-state index < -0.39 is 5.41 Å². The van der Waals surface area contributed by atoms with Crippen molar-refractivity contribution in [2.45, 2.75) is 27.2 Å². The maximum Gasteiger partial charge on any atom is 0.251 e. The van der Waals surface area contributed by atoms with Crippen molar-refractivity contribution >= 4 is 17.5 Å². The molecule has 29 heavy (non-hydrogen) atoms. The zero-order valence-corrected chi connectivity index (χ0v) is 17.0. The van der Waals surface area contributed by atoms with Crippen LogP contribution in [0, 0.1) is 5.41 Å². The highest BCUT2D eigenvalue weighted by molar-refractivity contribution is 5.98. The Kier molecular flexibility index (Phi) is 6.12. The third-order valence-corrected chi connectivity index (χ3v) is 4.47. The van der Waals surface area contributed by atoms with Crippen LogP contribution in [-0.4, -0.2) is 28.1 Å². The maximum atomic E-state index is 12.4. The lowest BCUT2D eigenvalue weighted by Crippen LogP contribution is -2.28. The SMILES string of the molecule is CC(C)(C)C(=O)Nc1cccc(C(=O)NCCc2ccc(-n3cccn3)cc2)c1. The van der Waals surface area contributed by atoms with Crippen LogP contribution in [0.25, 0.3) is 5.69 Å². The minimum absolute atomic E-state index is 0.0892. The molecule has 1 heterocycles. The Morgan fingerprint density at radius 3 is 2.45 bits per heavy atom. The van der Waals surface area contributed by atoms with Crippen molar-refractivity contribution in [2.75, 3.05) is 11.9 Å². The summed E-state index contributed by atoms with van der Waals surface area (Å²) in [5.41, 5.74) is 2.77. The fourth-order valence-corrected chi connectivity index (χ4v) is 2.72. The average Bonchev–Trinajstić information content (AvgIpc) is 3.23. The van der Waals surface area contributed by atoms with Crippen molar-refractivity contribution in [3.05, 3.63) is 78.1 Å². The molecule has 0 aliphatic carbocycles. The van der Waals surface area contributed by atoms with E-state index in [4.69, 9.17) is 0 Å². The van der Waals surface area contributed by atoms with Gasteiger partial charge < -0.3 is 10.6 Å². The number of benzene rings is 2. The number of nitrogens with zero attached hydrogens (tertiary/aromatic N) is 2. The summed E-state index contributed by atoms with van der Waals surface area (Å²) in [5.74, 6) is -0.251.